The van der Waals surface area contributed by atoms with E-state index in [-0.39, 0.29) is 17.3 Å². The van der Waals surface area contributed by atoms with Crippen molar-refractivity contribution in [1.29, 1.82) is 0 Å². The number of hydrogen-bond donors (Lipinski definition) is 1. The highest BCUT2D eigenvalue weighted by molar-refractivity contribution is 7.92. The molecular weight excluding hydrogens is 474 g/mol. The summed E-state index contributed by atoms with van der Waals surface area (Å²) in [4.78, 5) is 15.7. The van der Waals surface area contributed by atoms with Crippen molar-refractivity contribution in [2.45, 2.75) is 43.9 Å². The number of likely N-dealkylation sites (tertiary alicyclic amines) is 1. The first kappa shape index (κ1) is 24.3. The molecule has 3 aromatic rings. The molecule has 2 aliphatic heterocycles. The third-order valence-corrected chi connectivity index (χ3v) is 8.52. The molecule has 8 heteroatoms. The normalized spacial score (nSPS) is 17.9. The summed E-state index contributed by atoms with van der Waals surface area (Å²) in [5.41, 5.74) is 3.64. The van der Waals surface area contributed by atoms with Crippen LogP contribution in [0.15, 0.2) is 77.7 Å². The van der Waals surface area contributed by atoms with Gasteiger partial charge in [0.1, 0.15) is 5.75 Å². The molecule has 36 heavy (non-hydrogen) atoms. The van der Waals surface area contributed by atoms with Crippen LogP contribution in [0.3, 0.4) is 0 Å². The number of hydrogen-bond acceptors (Lipinski definition) is 5. The maximum atomic E-state index is 13.5. The van der Waals surface area contributed by atoms with Crippen LogP contribution in [0.2, 0.25) is 0 Å². The highest BCUT2D eigenvalue weighted by Crippen LogP contribution is 2.36. The third-order valence-electron chi connectivity index (χ3n) is 6.73. The monoisotopic (exact) mass is 505 g/mol. The molecule has 0 spiro atoms. The molecule has 7 nitrogen and oxygen atoms in total. The van der Waals surface area contributed by atoms with E-state index in [2.05, 4.69) is 22.3 Å². The minimum atomic E-state index is -3.87. The quantitative estimate of drug-likeness (QED) is 0.528. The number of aryl methyl sites for hydroxylation is 1. The fourth-order valence-corrected chi connectivity index (χ4v) is 6.14. The van der Waals surface area contributed by atoms with Gasteiger partial charge in [0.15, 0.2) is 6.10 Å². The second-order valence-corrected chi connectivity index (χ2v) is 11.3. The zero-order valence-corrected chi connectivity index (χ0v) is 21.2. The van der Waals surface area contributed by atoms with Gasteiger partial charge in [0.25, 0.3) is 15.9 Å². The molecule has 0 radical (unpaired) electrons. The predicted octanol–water partition coefficient (Wildman–Crippen LogP) is 3.86. The summed E-state index contributed by atoms with van der Waals surface area (Å²) in [6.45, 7) is 5.40. The summed E-state index contributed by atoms with van der Waals surface area (Å²) < 4.78 is 34.2. The van der Waals surface area contributed by atoms with Gasteiger partial charge in [-0.2, -0.15) is 0 Å². The Labute approximate surface area is 212 Å². The zero-order valence-electron chi connectivity index (χ0n) is 20.4. The van der Waals surface area contributed by atoms with Crippen LogP contribution >= 0.6 is 0 Å². The summed E-state index contributed by atoms with van der Waals surface area (Å²) in [6, 6.07) is 21.9. The van der Waals surface area contributed by atoms with E-state index < -0.39 is 16.1 Å². The molecule has 3 aromatic carbocycles. The second-order valence-electron chi connectivity index (χ2n) is 9.44. The molecule has 2 aliphatic rings. The summed E-state index contributed by atoms with van der Waals surface area (Å²) in [6.07, 6.45) is 1.57. The van der Waals surface area contributed by atoms with Gasteiger partial charge < -0.3 is 10.1 Å². The predicted molar refractivity (Wildman–Crippen MR) is 139 cm³/mol. The van der Waals surface area contributed by atoms with E-state index >= 15 is 0 Å². The van der Waals surface area contributed by atoms with Crippen molar-refractivity contribution in [3.05, 3.63) is 89.5 Å². The summed E-state index contributed by atoms with van der Waals surface area (Å²) in [5, 5.41) is 2.92. The standard InChI is InChI=1S/C28H31N3O4S/c1-21-8-14-24(15-9-21)36(33,34)31-20-27(35-26-7-3-2-6-25(26)31)28(32)29-18-22-10-12-23(13-11-22)19-30-16-4-5-17-30/h2-3,6-15,27H,4-5,16-20H2,1H3,(H,29,32)/t27-/m0/s1. The highest BCUT2D eigenvalue weighted by atomic mass is 32.2. The minimum absolute atomic E-state index is 0.103. The lowest BCUT2D eigenvalue weighted by Gasteiger charge is -2.34. The Hall–Kier alpha value is -3.36. The number of carbonyl (C=O) groups excluding carboxylic acids is 1. The molecule has 188 valence electrons. The number of amides is 1. The Kier molecular flexibility index (Phi) is 6.98. The van der Waals surface area contributed by atoms with Gasteiger partial charge in [-0.3, -0.25) is 14.0 Å². The topological polar surface area (TPSA) is 79.0 Å². The van der Waals surface area contributed by atoms with E-state index in [0.29, 0.717) is 18.0 Å². The molecule has 0 saturated carbocycles. The van der Waals surface area contributed by atoms with Gasteiger partial charge in [-0.15, -0.1) is 0 Å². The molecule has 1 N–H and O–H groups in total. The van der Waals surface area contributed by atoms with Crippen LogP contribution in [-0.2, 0) is 27.9 Å². The van der Waals surface area contributed by atoms with Crippen LogP contribution in [-0.4, -0.2) is 45.0 Å². The molecule has 2 heterocycles. The Bertz CT molecular complexity index is 1320. The number of para-hydroxylation sites is 2. The summed E-state index contributed by atoms with van der Waals surface area (Å²) in [7, 11) is -3.87. The van der Waals surface area contributed by atoms with E-state index in [9.17, 15) is 13.2 Å². The number of fused-ring (bicyclic) bond motifs is 1. The lowest BCUT2D eigenvalue weighted by atomic mass is 10.1. The molecule has 0 unspecified atom stereocenters. The summed E-state index contributed by atoms with van der Waals surface area (Å²) >= 11 is 0. The zero-order chi connectivity index (χ0) is 25.1. The van der Waals surface area contributed by atoms with E-state index in [1.54, 1.807) is 48.5 Å². The number of benzene rings is 3. The number of nitrogens with one attached hydrogen (secondary N) is 1. The molecule has 5 rings (SSSR count). The van der Waals surface area contributed by atoms with Gasteiger partial charge in [-0.05, 0) is 68.2 Å². The highest BCUT2D eigenvalue weighted by Gasteiger charge is 2.37. The maximum absolute atomic E-state index is 13.5. The molecular formula is C28H31N3O4S. The number of nitrogens with zero attached hydrogens (tertiary/aromatic N) is 2. The first-order valence-electron chi connectivity index (χ1n) is 12.3. The van der Waals surface area contributed by atoms with Crippen LogP contribution in [0.25, 0.3) is 0 Å². The lowest BCUT2D eigenvalue weighted by Crippen LogP contribution is -2.50. The van der Waals surface area contributed by atoms with Crippen molar-refractivity contribution in [2.24, 2.45) is 0 Å². The third kappa shape index (κ3) is 5.24. The first-order chi connectivity index (χ1) is 17.4. The van der Waals surface area contributed by atoms with Crippen molar-refractivity contribution in [3.8, 4) is 5.75 Å². The first-order valence-corrected chi connectivity index (χ1v) is 13.8. The van der Waals surface area contributed by atoms with E-state index in [1.165, 1.54) is 22.7 Å². The van der Waals surface area contributed by atoms with Gasteiger partial charge >= 0.3 is 0 Å². The average Bonchev–Trinajstić information content (AvgIpc) is 3.41. The van der Waals surface area contributed by atoms with Crippen LogP contribution < -0.4 is 14.4 Å². The molecule has 1 saturated heterocycles. The number of sulfonamides is 1. The Morgan fingerprint density at radius 3 is 2.33 bits per heavy atom. The van der Waals surface area contributed by atoms with E-state index in [0.717, 1.165) is 30.8 Å². The summed E-state index contributed by atoms with van der Waals surface area (Å²) in [5.74, 6) is 0.0144. The fraction of sp³-hybridized carbons (Fsp3) is 0.321. The van der Waals surface area contributed by atoms with Crippen LogP contribution in [0.1, 0.15) is 29.5 Å². The molecule has 1 fully saturated rings. The fourth-order valence-electron chi connectivity index (χ4n) is 4.67. The van der Waals surface area contributed by atoms with Gasteiger partial charge in [-0.25, -0.2) is 8.42 Å². The van der Waals surface area contributed by atoms with Crippen molar-refractivity contribution in [1.82, 2.24) is 10.2 Å². The van der Waals surface area contributed by atoms with Crippen molar-refractivity contribution < 1.29 is 17.9 Å². The second kappa shape index (κ2) is 10.3. The minimum Gasteiger partial charge on any atom is -0.476 e. The van der Waals surface area contributed by atoms with Gasteiger partial charge in [0.05, 0.1) is 17.1 Å². The van der Waals surface area contributed by atoms with Crippen LogP contribution in [0.5, 0.6) is 5.75 Å². The lowest BCUT2D eigenvalue weighted by molar-refractivity contribution is -0.127. The van der Waals surface area contributed by atoms with Crippen LogP contribution in [0, 0.1) is 6.92 Å². The molecule has 1 atom stereocenters. The Balaban J connectivity index is 1.28. The van der Waals surface area contributed by atoms with Gasteiger partial charge in [-0.1, -0.05) is 54.1 Å². The smallest absolute Gasteiger partial charge is 0.264 e. The number of anilines is 1. The molecule has 0 aromatic heterocycles. The molecule has 0 aliphatic carbocycles. The average molecular weight is 506 g/mol. The Morgan fingerprint density at radius 1 is 0.944 bits per heavy atom. The largest absolute Gasteiger partial charge is 0.476 e. The SMILES string of the molecule is Cc1ccc(S(=O)(=O)N2C[C@@H](C(=O)NCc3ccc(CN4CCCC4)cc3)Oc3ccccc32)cc1. The number of ether oxygens (including phenoxy) is 1. The van der Waals surface area contributed by atoms with Crippen LogP contribution in [0.4, 0.5) is 5.69 Å². The molecule has 1 amide bonds. The van der Waals surface area contributed by atoms with Gasteiger partial charge in [0, 0.05) is 13.1 Å². The maximum Gasteiger partial charge on any atom is 0.264 e. The number of carbonyl (C=O) groups is 1. The van der Waals surface area contributed by atoms with Gasteiger partial charge in [0.2, 0.25) is 0 Å². The van der Waals surface area contributed by atoms with Crippen molar-refractivity contribution >= 4 is 21.6 Å². The number of rotatable bonds is 7. The van der Waals surface area contributed by atoms with Crippen molar-refractivity contribution in [2.75, 3.05) is 23.9 Å². The Morgan fingerprint density at radius 2 is 1.61 bits per heavy atom. The van der Waals surface area contributed by atoms with E-state index in [4.69, 9.17) is 4.74 Å². The van der Waals surface area contributed by atoms with E-state index in [1.807, 2.05) is 19.1 Å². The molecule has 0 bridgehead atoms. The van der Waals surface area contributed by atoms with Crippen molar-refractivity contribution in [3.63, 3.8) is 0 Å².